The molecule has 1 unspecified atom stereocenters. The fourth-order valence-corrected chi connectivity index (χ4v) is 2.08. The predicted octanol–water partition coefficient (Wildman–Crippen LogP) is 2.24. The Hall–Kier alpha value is 0.0500. The van der Waals surface area contributed by atoms with Crippen molar-refractivity contribution in [2.75, 3.05) is 0 Å². The van der Waals surface area contributed by atoms with Crippen LogP contribution in [0.5, 0.6) is 0 Å². The van der Waals surface area contributed by atoms with Gasteiger partial charge in [-0.1, -0.05) is 0 Å². The van der Waals surface area contributed by atoms with Crippen molar-refractivity contribution in [3.8, 4) is 0 Å². The van der Waals surface area contributed by atoms with Crippen LogP contribution in [0, 0.1) is 5.92 Å². The Balaban J connectivity index is 1.67. The molecule has 2 saturated carbocycles. The zero-order chi connectivity index (χ0) is 9.47. The maximum atomic E-state index is 11.4. The Morgan fingerprint density at radius 3 is 2.46 bits per heavy atom. The smallest absolute Gasteiger partial charge is 0.220 e. The lowest BCUT2D eigenvalue weighted by Gasteiger charge is -2.26. The average Bonchev–Trinajstić information content (AvgIpc) is 2.50. The van der Waals surface area contributed by atoms with Gasteiger partial charge in [-0.2, -0.15) is 0 Å². The lowest BCUT2D eigenvalue weighted by molar-refractivity contribution is -0.122. The maximum absolute atomic E-state index is 11.4. The quantitative estimate of drug-likeness (QED) is 0.729. The highest BCUT2D eigenvalue weighted by atomic mass is 35.5. The number of carbonyl (C=O) groups is 1. The van der Waals surface area contributed by atoms with Crippen molar-refractivity contribution in [3.05, 3.63) is 0 Å². The second-order valence-electron chi connectivity index (χ2n) is 4.06. The summed E-state index contributed by atoms with van der Waals surface area (Å²) < 4.78 is -0.614. The Morgan fingerprint density at radius 2 is 2.08 bits per heavy atom. The van der Waals surface area contributed by atoms with Crippen molar-refractivity contribution < 1.29 is 4.79 Å². The van der Waals surface area contributed by atoms with E-state index < -0.39 is 4.33 Å². The van der Waals surface area contributed by atoms with Crippen LogP contribution in [0.4, 0.5) is 0 Å². The molecule has 4 heteroatoms. The second kappa shape index (κ2) is 3.32. The molecule has 0 aromatic rings. The minimum atomic E-state index is -0.614. The maximum Gasteiger partial charge on any atom is 0.220 e. The largest absolute Gasteiger partial charge is 0.353 e. The van der Waals surface area contributed by atoms with E-state index in [2.05, 4.69) is 5.32 Å². The molecule has 2 aliphatic carbocycles. The molecule has 0 radical (unpaired) electrons. The van der Waals surface area contributed by atoms with Crippen LogP contribution in [0.15, 0.2) is 0 Å². The molecule has 0 spiro atoms. The summed E-state index contributed by atoms with van der Waals surface area (Å²) in [7, 11) is 0. The van der Waals surface area contributed by atoms with E-state index in [1.807, 2.05) is 0 Å². The number of alkyl halides is 2. The van der Waals surface area contributed by atoms with E-state index in [-0.39, 0.29) is 11.8 Å². The fraction of sp³-hybridized carbons (Fsp3) is 0.889. The monoisotopic (exact) mass is 221 g/mol. The number of halogens is 2. The van der Waals surface area contributed by atoms with Crippen molar-refractivity contribution in [1.82, 2.24) is 5.32 Å². The molecule has 74 valence electrons. The standard InChI is InChI=1S/C9H13Cl2NO/c10-9(11)5-6(9)4-8(13)12-7-2-1-3-7/h6-7H,1-5H2,(H,12,13). The summed E-state index contributed by atoms with van der Waals surface area (Å²) in [6.45, 7) is 0. The molecule has 1 atom stereocenters. The van der Waals surface area contributed by atoms with Crippen LogP contribution >= 0.6 is 23.2 Å². The molecular formula is C9H13Cl2NO. The number of rotatable bonds is 3. The number of hydrogen-bond donors (Lipinski definition) is 1. The van der Waals surface area contributed by atoms with Crippen molar-refractivity contribution in [2.45, 2.75) is 42.5 Å². The molecule has 2 aliphatic rings. The predicted molar refractivity (Wildman–Crippen MR) is 52.9 cm³/mol. The van der Waals surface area contributed by atoms with Gasteiger partial charge in [0.1, 0.15) is 4.33 Å². The molecule has 0 saturated heterocycles. The highest BCUT2D eigenvalue weighted by Crippen LogP contribution is 2.54. The molecule has 0 aromatic heterocycles. The van der Waals surface area contributed by atoms with Gasteiger partial charge in [0.05, 0.1) is 0 Å². The summed E-state index contributed by atoms with van der Waals surface area (Å²) in [5, 5.41) is 2.97. The first kappa shape index (κ1) is 9.60. The van der Waals surface area contributed by atoms with Crippen molar-refractivity contribution >= 4 is 29.1 Å². The molecule has 2 nitrogen and oxygen atoms in total. The number of hydrogen-bond acceptors (Lipinski definition) is 1. The fourth-order valence-electron chi connectivity index (χ4n) is 1.55. The van der Waals surface area contributed by atoms with Crippen LogP contribution in [-0.4, -0.2) is 16.3 Å². The van der Waals surface area contributed by atoms with Crippen LogP contribution in [0.2, 0.25) is 0 Å². The number of carbonyl (C=O) groups excluding carboxylic acids is 1. The lowest BCUT2D eigenvalue weighted by Crippen LogP contribution is -2.39. The Morgan fingerprint density at radius 1 is 1.46 bits per heavy atom. The summed E-state index contributed by atoms with van der Waals surface area (Å²) >= 11 is 11.6. The van der Waals surface area contributed by atoms with E-state index in [1.165, 1.54) is 6.42 Å². The normalized spacial score (nSPS) is 30.8. The van der Waals surface area contributed by atoms with Gasteiger partial charge in [0.2, 0.25) is 5.91 Å². The third-order valence-electron chi connectivity index (χ3n) is 2.86. The highest BCUT2D eigenvalue weighted by molar-refractivity contribution is 6.51. The first-order chi connectivity index (χ1) is 6.08. The minimum absolute atomic E-state index is 0.109. The van der Waals surface area contributed by atoms with Crippen LogP contribution in [0.25, 0.3) is 0 Å². The van der Waals surface area contributed by atoms with Gasteiger partial charge >= 0.3 is 0 Å². The van der Waals surface area contributed by atoms with Crippen LogP contribution in [-0.2, 0) is 4.79 Å². The summed E-state index contributed by atoms with van der Waals surface area (Å²) in [5.41, 5.74) is 0. The molecule has 0 aromatic carbocycles. The van der Waals surface area contributed by atoms with E-state index in [1.54, 1.807) is 0 Å². The Kier molecular flexibility index (Phi) is 2.45. The van der Waals surface area contributed by atoms with Crippen molar-refractivity contribution in [3.63, 3.8) is 0 Å². The van der Waals surface area contributed by atoms with Gasteiger partial charge in [-0.15, -0.1) is 23.2 Å². The summed E-state index contributed by atoms with van der Waals surface area (Å²) in [4.78, 5) is 11.4. The molecule has 2 rings (SSSR count). The summed E-state index contributed by atoms with van der Waals surface area (Å²) in [5.74, 6) is 0.286. The zero-order valence-electron chi connectivity index (χ0n) is 7.35. The van der Waals surface area contributed by atoms with Gasteiger partial charge in [0, 0.05) is 18.4 Å². The summed E-state index contributed by atoms with van der Waals surface area (Å²) in [6.07, 6.45) is 4.74. The first-order valence-corrected chi connectivity index (χ1v) is 5.51. The van der Waals surface area contributed by atoms with Gasteiger partial charge in [-0.3, -0.25) is 4.79 Å². The lowest BCUT2D eigenvalue weighted by atomic mass is 9.93. The van der Waals surface area contributed by atoms with Crippen LogP contribution in [0.3, 0.4) is 0 Å². The minimum Gasteiger partial charge on any atom is -0.353 e. The zero-order valence-corrected chi connectivity index (χ0v) is 8.87. The highest BCUT2D eigenvalue weighted by Gasteiger charge is 2.52. The van der Waals surface area contributed by atoms with E-state index in [0.717, 1.165) is 19.3 Å². The molecule has 1 amide bonds. The van der Waals surface area contributed by atoms with Crippen LogP contribution < -0.4 is 5.32 Å². The molecule has 1 N–H and O–H groups in total. The molecular weight excluding hydrogens is 209 g/mol. The van der Waals surface area contributed by atoms with E-state index >= 15 is 0 Å². The average molecular weight is 222 g/mol. The third kappa shape index (κ3) is 2.29. The first-order valence-electron chi connectivity index (χ1n) is 4.75. The molecule has 2 fully saturated rings. The SMILES string of the molecule is O=C(CC1CC1(Cl)Cl)NC1CCC1. The van der Waals surface area contributed by atoms with Gasteiger partial charge in [0.15, 0.2) is 0 Å². The Bertz CT molecular complexity index is 226. The molecule has 13 heavy (non-hydrogen) atoms. The van der Waals surface area contributed by atoms with E-state index in [0.29, 0.717) is 12.5 Å². The van der Waals surface area contributed by atoms with Gasteiger partial charge < -0.3 is 5.32 Å². The molecule has 0 heterocycles. The number of amides is 1. The topological polar surface area (TPSA) is 29.1 Å². The summed E-state index contributed by atoms with van der Waals surface area (Å²) in [6, 6.07) is 0.423. The van der Waals surface area contributed by atoms with Gasteiger partial charge in [0.25, 0.3) is 0 Å². The third-order valence-corrected chi connectivity index (χ3v) is 3.78. The van der Waals surface area contributed by atoms with Crippen LogP contribution in [0.1, 0.15) is 32.1 Å². The van der Waals surface area contributed by atoms with Crippen molar-refractivity contribution in [1.29, 1.82) is 0 Å². The number of nitrogens with one attached hydrogen (secondary N) is 1. The van der Waals surface area contributed by atoms with Crippen molar-refractivity contribution in [2.24, 2.45) is 5.92 Å². The van der Waals surface area contributed by atoms with E-state index in [4.69, 9.17) is 23.2 Å². The molecule has 0 bridgehead atoms. The van der Waals surface area contributed by atoms with Gasteiger partial charge in [-0.25, -0.2) is 0 Å². The molecule has 0 aliphatic heterocycles. The van der Waals surface area contributed by atoms with Gasteiger partial charge in [-0.05, 0) is 25.7 Å². The Labute approximate surface area is 88.0 Å². The second-order valence-corrected chi connectivity index (χ2v) is 5.60. The van der Waals surface area contributed by atoms with E-state index in [9.17, 15) is 4.79 Å².